The number of rotatable bonds is 1. The lowest BCUT2D eigenvalue weighted by Gasteiger charge is -2.49. The Kier molecular flexibility index (Phi) is 4.04. The van der Waals surface area contributed by atoms with Crippen molar-refractivity contribution in [1.82, 2.24) is 10.6 Å². The molecule has 27 heavy (non-hydrogen) atoms. The van der Waals surface area contributed by atoms with Crippen LogP contribution in [0.1, 0.15) is 49.3 Å². The number of benzene rings is 2. The number of aryl methyl sites for hydroxylation is 1. The molecule has 0 aromatic heterocycles. The molecule has 1 spiro atoms. The fourth-order valence-corrected chi connectivity index (χ4v) is 4.79. The zero-order valence-electron chi connectivity index (χ0n) is 15.6. The number of ether oxygens (including phenoxy) is 1. The molecule has 2 aromatic rings. The first-order valence-corrected chi connectivity index (χ1v) is 9.43. The van der Waals surface area contributed by atoms with Crippen LogP contribution in [-0.2, 0) is 0 Å². The van der Waals surface area contributed by atoms with Crippen LogP contribution in [0.4, 0.5) is 4.79 Å². The van der Waals surface area contributed by atoms with Gasteiger partial charge in [-0.05, 0) is 44.0 Å². The Balaban J connectivity index is 1.89. The Morgan fingerprint density at radius 3 is 2.67 bits per heavy atom. The Labute approximate surface area is 163 Å². The van der Waals surface area contributed by atoms with Crippen LogP contribution in [-0.4, -0.2) is 22.4 Å². The molecule has 2 aliphatic rings. The first kappa shape index (κ1) is 18.0. The van der Waals surface area contributed by atoms with Crippen LogP contribution in [0.3, 0.4) is 0 Å². The summed E-state index contributed by atoms with van der Waals surface area (Å²) in [5, 5.41) is 16.7. The average Bonchev–Trinajstić information content (AvgIpc) is 2.51. The zero-order valence-corrected chi connectivity index (χ0v) is 16.4. The molecule has 1 saturated heterocycles. The summed E-state index contributed by atoms with van der Waals surface area (Å²) in [5.74, 6) is 0.666. The number of phenolic OH excluding ortho intramolecular Hbond substituents is 1. The van der Waals surface area contributed by atoms with Gasteiger partial charge in [0, 0.05) is 41.0 Å². The Hall–Kier alpha value is -2.40. The molecule has 0 radical (unpaired) electrons. The summed E-state index contributed by atoms with van der Waals surface area (Å²) in [6, 6.07) is 10.8. The summed E-state index contributed by atoms with van der Waals surface area (Å²) in [7, 11) is 0. The zero-order chi connectivity index (χ0) is 19.4. The van der Waals surface area contributed by atoms with Crippen LogP contribution in [0.25, 0.3) is 0 Å². The summed E-state index contributed by atoms with van der Waals surface area (Å²) in [5.41, 5.74) is 1.63. The number of carbonyl (C=O) groups is 1. The van der Waals surface area contributed by atoms with Crippen molar-refractivity contribution in [2.24, 2.45) is 0 Å². The van der Waals surface area contributed by atoms with Crippen LogP contribution in [0.5, 0.6) is 11.5 Å². The van der Waals surface area contributed by atoms with Gasteiger partial charge in [-0.3, -0.25) is 0 Å². The predicted molar refractivity (Wildman–Crippen MR) is 104 cm³/mol. The van der Waals surface area contributed by atoms with Crippen LogP contribution in [0.15, 0.2) is 36.4 Å². The maximum Gasteiger partial charge on any atom is 0.318 e. The fraction of sp³-hybridized carbons (Fsp3) is 0.381. The number of hydrogen-bond donors (Lipinski definition) is 3. The molecule has 5 nitrogen and oxygen atoms in total. The first-order valence-electron chi connectivity index (χ1n) is 9.05. The lowest BCUT2D eigenvalue weighted by Crippen LogP contribution is -2.69. The second-order valence-corrected chi connectivity index (χ2v) is 8.60. The standard InChI is InChI=1S/C21H23ClN2O3/c1-12-8-13(25)9-17-18(12)15(14-6-4-5-7-16(14)22)10-21(27-17)11-20(2,3)23-19(26)24-21/h4-9,15,25H,10-11H2,1-3H3,(H2,23,24,26)/t15-,21-/m0/s1. The number of nitrogens with one attached hydrogen (secondary N) is 2. The van der Waals surface area contributed by atoms with E-state index >= 15 is 0 Å². The Morgan fingerprint density at radius 1 is 1.22 bits per heavy atom. The van der Waals surface area contributed by atoms with Gasteiger partial charge >= 0.3 is 6.03 Å². The highest BCUT2D eigenvalue weighted by atomic mass is 35.5. The van der Waals surface area contributed by atoms with Crippen molar-refractivity contribution in [3.05, 3.63) is 58.1 Å². The molecule has 0 unspecified atom stereocenters. The van der Waals surface area contributed by atoms with E-state index in [0.717, 1.165) is 16.7 Å². The van der Waals surface area contributed by atoms with E-state index in [1.54, 1.807) is 12.1 Å². The summed E-state index contributed by atoms with van der Waals surface area (Å²) in [4.78, 5) is 12.3. The number of amides is 2. The van der Waals surface area contributed by atoms with E-state index in [0.29, 0.717) is 23.6 Å². The maximum atomic E-state index is 12.3. The normalized spacial score (nSPS) is 25.9. The molecule has 6 heteroatoms. The number of aromatic hydroxyl groups is 1. The molecule has 0 saturated carbocycles. The topological polar surface area (TPSA) is 70.6 Å². The highest BCUT2D eigenvalue weighted by Crippen LogP contribution is 2.50. The molecule has 4 rings (SSSR count). The van der Waals surface area contributed by atoms with Crippen molar-refractivity contribution >= 4 is 17.6 Å². The van der Waals surface area contributed by atoms with Crippen molar-refractivity contribution in [1.29, 1.82) is 0 Å². The highest BCUT2D eigenvalue weighted by molar-refractivity contribution is 6.31. The molecular formula is C21H23ClN2O3. The smallest absolute Gasteiger partial charge is 0.318 e. The lowest BCUT2D eigenvalue weighted by molar-refractivity contribution is -0.0237. The third-order valence-corrected chi connectivity index (χ3v) is 5.67. The molecule has 2 aliphatic heterocycles. The van der Waals surface area contributed by atoms with Gasteiger partial charge in [-0.2, -0.15) is 0 Å². The van der Waals surface area contributed by atoms with Gasteiger partial charge in [0.25, 0.3) is 0 Å². The molecule has 2 amide bonds. The van der Waals surface area contributed by atoms with Crippen LogP contribution in [0.2, 0.25) is 5.02 Å². The number of fused-ring (bicyclic) bond motifs is 1. The van der Waals surface area contributed by atoms with Crippen molar-refractivity contribution in [2.45, 2.75) is 50.8 Å². The highest BCUT2D eigenvalue weighted by Gasteiger charge is 2.50. The van der Waals surface area contributed by atoms with Crippen LogP contribution < -0.4 is 15.4 Å². The summed E-state index contributed by atoms with van der Waals surface area (Å²) >= 11 is 6.53. The second kappa shape index (κ2) is 6.06. The van der Waals surface area contributed by atoms with E-state index in [-0.39, 0.29) is 17.7 Å². The van der Waals surface area contributed by atoms with Crippen LogP contribution >= 0.6 is 11.6 Å². The minimum Gasteiger partial charge on any atom is -0.508 e. The largest absolute Gasteiger partial charge is 0.508 e. The molecular weight excluding hydrogens is 364 g/mol. The average molecular weight is 387 g/mol. The fourth-order valence-electron chi connectivity index (χ4n) is 4.52. The number of phenols is 1. The maximum absolute atomic E-state index is 12.3. The van der Waals surface area contributed by atoms with Crippen molar-refractivity contribution in [2.75, 3.05) is 0 Å². The van der Waals surface area contributed by atoms with E-state index in [1.807, 2.05) is 45.0 Å². The molecule has 2 aromatic carbocycles. The molecule has 1 fully saturated rings. The predicted octanol–water partition coefficient (Wildman–Crippen LogP) is 4.45. The van der Waals surface area contributed by atoms with Crippen LogP contribution in [0, 0.1) is 6.92 Å². The summed E-state index contributed by atoms with van der Waals surface area (Å²) in [6.07, 6.45) is 1.15. The molecule has 2 heterocycles. The van der Waals surface area contributed by atoms with E-state index in [1.165, 1.54) is 0 Å². The first-order chi connectivity index (χ1) is 12.7. The minimum atomic E-state index is -0.872. The van der Waals surface area contributed by atoms with Gasteiger partial charge in [0.05, 0.1) is 0 Å². The summed E-state index contributed by atoms with van der Waals surface area (Å²) < 4.78 is 6.34. The van der Waals surface area contributed by atoms with E-state index in [4.69, 9.17) is 16.3 Å². The van der Waals surface area contributed by atoms with Crippen molar-refractivity contribution in [3.63, 3.8) is 0 Å². The molecule has 2 atom stereocenters. The minimum absolute atomic E-state index is 0.0581. The SMILES string of the molecule is Cc1cc(O)cc2c1[C@H](c1ccccc1Cl)C[C@@]1(CC(C)(C)NC(=O)N1)O2. The number of carbonyl (C=O) groups excluding carboxylic acids is 1. The van der Waals surface area contributed by atoms with Gasteiger partial charge in [0.2, 0.25) is 0 Å². The number of urea groups is 1. The molecule has 3 N–H and O–H groups in total. The van der Waals surface area contributed by atoms with Gasteiger partial charge in [-0.1, -0.05) is 29.8 Å². The van der Waals surface area contributed by atoms with Gasteiger partial charge in [-0.25, -0.2) is 4.79 Å². The van der Waals surface area contributed by atoms with Crippen molar-refractivity contribution < 1.29 is 14.6 Å². The molecule has 0 aliphatic carbocycles. The van der Waals surface area contributed by atoms with E-state index in [2.05, 4.69) is 10.6 Å². The number of halogens is 1. The van der Waals surface area contributed by atoms with Gasteiger partial charge < -0.3 is 20.5 Å². The second-order valence-electron chi connectivity index (χ2n) is 8.19. The van der Waals surface area contributed by atoms with E-state index in [9.17, 15) is 9.90 Å². The van der Waals surface area contributed by atoms with Gasteiger partial charge in [0.15, 0.2) is 5.72 Å². The third kappa shape index (κ3) is 3.21. The Bertz CT molecular complexity index is 928. The van der Waals surface area contributed by atoms with Gasteiger partial charge in [-0.15, -0.1) is 0 Å². The quantitative estimate of drug-likeness (QED) is 0.678. The van der Waals surface area contributed by atoms with Gasteiger partial charge in [0.1, 0.15) is 11.5 Å². The van der Waals surface area contributed by atoms with E-state index < -0.39 is 11.3 Å². The monoisotopic (exact) mass is 386 g/mol. The molecule has 0 bridgehead atoms. The van der Waals surface area contributed by atoms with Crippen molar-refractivity contribution in [3.8, 4) is 11.5 Å². The molecule has 142 valence electrons. The Morgan fingerprint density at radius 2 is 1.96 bits per heavy atom. The number of hydrogen-bond acceptors (Lipinski definition) is 3. The lowest BCUT2D eigenvalue weighted by atomic mass is 9.76. The summed E-state index contributed by atoms with van der Waals surface area (Å²) in [6.45, 7) is 5.91. The third-order valence-electron chi connectivity index (χ3n) is 5.32.